The summed E-state index contributed by atoms with van der Waals surface area (Å²) >= 11 is 0. The third-order valence-corrected chi connectivity index (χ3v) is 8.92. The highest BCUT2D eigenvalue weighted by Gasteiger charge is 2.41. The van der Waals surface area contributed by atoms with Crippen molar-refractivity contribution in [2.24, 2.45) is 11.8 Å². The molecule has 1 aromatic heterocycles. The zero-order valence-electron chi connectivity index (χ0n) is 21.1. The normalized spacial score (nSPS) is 26.1. The van der Waals surface area contributed by atoms with Gasteiger partial charge in [0.2, 0.25) is 5.75 Å². The van der Waals surface area contributed by atoms with Crippen molar-refractivity contribution in [3.05, 3.63) is 52.7 Å². The first-order valence-electron chi connectivity index (χ1n) is 13.2. The van der Waals surface area contributed by atoms with E-state index in [0.717, 1.165) is 50.9 Å². The number of methoxy groups -OCH3 is 2. The fourth-order valence-corrected chi connectivity index (χ4v) is 7.14. The lowest BCUT2D eigenvalue weighted by molar-refractivity contribution is 0.0428. The van der Waals surface area contributed by atoms with Crippen molar-refractivity contribution in [2.75, 3.05) is 33.9 Å². The monoisotopic (exact) mass is 475 g/mol. The molecule has 3 N–H and O–H groups in total. The SMILES string of the molecule is CCC1CN2CCc3c(cc(OC)c(OC)c3O)C2CC1CC1NCCc2c1[nH]c1ccccc21. The number of aromatic nitrogens is 1. The molecule has 0 spiro atoms. The van der Waals surface area contributed by atoms with Gasteiger partial charge in [-0.3, -0.25) is 4.90 Å². The number of nitrogens with one attached hydrogen (secondary N) is 2. The largest absolute Gasteiger partial charge is 0.504 e. The molecular formula is C29H37N3O3. The number of aromatic amines is 1. The van der Waals surface area contributed by atoms with Crippen LogP contribution in [0.4, 0.5) is 0 Å². The van der Waals surface area contributed by atoms with E-state index in [-0.39, 0.29) is 5.75 Å². The lowest BCUT2D eigenvalue weighted by atomic mass is 9.72. The number of phenolic OH excluding ortho intramolecular Hbond substituents is 1. The summed E-state index contributed by atoms with van der Waals surface area (Å²) in [6.07, 6.45) is 5.37. The average molecular weight is 476 g/mol. The quantitative estimate of drug-likeness (QED) is 0.478. The van der Waals surface area contributed by atoms with Crippen LogP contribution in [0.1, 0.15) is 60.7 Å². The number of H-pyrrole nitrogens is 1. The molecule has 4 atom stereocenters. The van der Waals surface area contributed by atoms with Crippen LogP contribution in [0.2, 0.25) is 0 Å². The highest BCUT2D eigenvalue weighted by Crippen LogP contribution is 2.51. The summed E-state index contributed by atoms with van der Waals surface area (Å²) in [5, 5.41) is 16.2. The predicted molar refractivity (Wildman–Crippen MR) is 138 cm³/mol. The van der Waals surface area contributed by atoms with Crippen molar-refractivity contribution in [2.45, 2.75) is 51.1 Å². The molecule has 4 heterocycles. The molecule has 6 heteroatoms. The fourth-order valence-electron chi connectivity index (χ4n) is 7.14. The molecule has 0 bridgehead atoms. The number of phenols is 1. The van der Waals surface area contributed by atoms with Crippen molar-refractivity contribution in [1.29, 1.82) is 0 Å². The second kappa shape index (κ2) is 9.07. The number of ether oxygens (including phenoxy) is 2. The Balaban J connectivity index is 1.32. The van der Waals surface area contributed by atoms with Gasteiger partial charge in [0.05, 0.1) is 14.2 Å². The Kier molecular flexibility index (Phi) is 5.89. The molecule has 35 heavy (non-hydrogen) atoms. The van der Waals surface area contributed by atoms with E-state index in [1.54, 1.807) is 14.2 Å². The zero-order chi connectivity index (χ0) is 24.1. The third kappa shape index (κ3) is 3.69. The van der Waals surface area contributed by atoms with Crippen LogP contribution in [0.25, 0.3) is 10.9 Å². The number of hydrogen-bond donors (Lipinski definition) is 3. The number of para-hydroxylation sites is 1. The Morgan fingerprint density at radius 1 is 1.09 bits per heavy atom. The first kappa shape index (κ1) is 22.7. The molecule has 3 aromatic rings. The van der Waals surface area contributed by atoms with Gasteiger partial charge in [-0.1, -0.05) is 31.5 Å². The van der Waals surface area contributed by atoms with Crippen LogP contribution in [0.15, 0.2) is 30.3 Å². The van der Waals surface area contributed by atoms with Crippen LogP contribution in [0, 0.1) is 11.8 Å². The maximum atomic E-state index is 11.0. The highest BCUT2D eigenvalue weighted by molar-refractivity contribution is 5.85. The lowest BCUT2D eigenvalue weighted by Gasteiger charge is -2.48. The van der Waals surface area contributed by atoms with Gasteiger partial charge in [0.25, 0.3) is 0 Å². The number of fused-ring (bicyclic) bond motifs is 6. The first-order valence-corrected chi connectivity index (χ1v) is 13.2. The van der Waals surface area contributed by atoms with E-state index in [9.17, 15) is 5.11 Å². The number of benzene rings is 2. The molecular weight excluding hydrogens is 438 g/mol. The number of piperidine rings is 1. The van der Waals surface area contributed by atoms with Gasteiger partial charge in [0.1, 0.15) is 0 Å². The van der Waals surface area contributed by atoms with E-state index in [1.807, 2.05) is 0 Å². The van der Waals surface area contributed by atoms with Gasteiger partial charge in [0.15, 0.2) is 11.5 Å². The molecule has 3 aliphatic rings. The van der Waals surface area contributed by atoms with Crippen LogP contribution in [-0.4, -0.2) is 48.8 Å². The smallest absolute Gasteiger partial charge is 0.203 e. The summed E-state index contributed by atoms with van der Waals surface area (Å²) in [7, 11) is 3.24. The third-order valence-electron chi connectivity index (χ3n) is 8.92. The minimum absolute atomic E-state index is 0.257. The Bertz CT molecular complexity index is 1240. The summed E-state index contributed by atoms with van der Waals surface area (Å²) in [5.41, 5.74) is 6.40. The van der Waals surface area contributed by atoms with Gasteiger partial charge in [-0.05, 0) is 67.3 Å². The number of rotatable bonds is 5. The molecule has 2 aromatic carbocycles. The van der Waals surface area contributed by atoms with Gasteiger partial charge in [0, 0.05) is 47.3 Å². The van der Waals surface area contributed by atoms with E-state index in [4.69, 9.17) is 9.47 Å². The Hall–Kier alpha value is -2.70. The molecule has 3 aliphatic heterocycles. The van der Waals surface area contributed by atoms with E-state index in [1.165, 1.54) is 34.1 Å². The molecule has 0 saturated carbocycles. The zero-order valence-corrected chi connectivity index (χ0v) is 21.1. The summed E-state index contributed by atoms with van der Waals surface area (Å²) in [5.74, 6) is 2.62. The van der Waals surface area contributed by atoms with Gasteiger partial charge in [-0.2, -0.15) is 0 Å². The van der Waals surface area contributed by atoms with Crippen molar-refractivity contribution >= 4 is 10.9 Å². The summed E-state index contributed by atoms with van der Waals surface area (Å²) in [4.78, 5) is 6.40. The second-order valence-electron chi connectivity index (χ2n) is 10.5. The lowest BCUT2D eigenvalue weighted by Crippen LogP contribution is -2.46. The number of hydrogen-bond acceptors (Lipinski definition) is 5. The number of aromatic hydroxyl groups is 1. The molecule has 186 valence electrons. The van der Waals surface area contributed by atoms with Crippen molar-refractivity contribution in [3.63, 3.8) is 0 Å². The van der Waals surface area contributed by atoms with Crippen LogP contribution in [-0.2, 0) is 12.8 Å². The summed E-state index contributed by atoms with van der Waals surface area (Å²) in [6, 6.07) is 11.5. The van der Waals surface area contributed by atoms with Crippen molar-refractivity contribution < 1.29 is 14.6 Å². The van der Waals surface area contributed by atoms with Crippen molar-refractivity contribution in [3.8, 4) is 17.2 Å². The molecule has 0 aliphatic carbocycles. The van der Waals surface area contributed by atoms with Gasteiger partial charge in [-0.15, -0.1) is 0 Å². The van der Waals surface area contributed by atoms with E-state index in [0.29, 0.717) is 35.4 Å². The van der Waals surface area contributed by atoms with E-state index in [2.05, 4.69) is 52.5 Å². The molecule has 1 saturated heterocycles. The molecule has 0 amide bonds. The maximum absolute atomic E-state index is 11.0. The van der Waals surface area contributed by atoms with Crippen LogP contribution >= 0.6 is 0 Å². The predicted octanol–water partition coefficient (Wildman–Crippen LogP) is 5.11. The standard InChI is InChI=1S/C29H37N3O3/c1-4-17-16-32-12-10-21-22(15-26(34-2)29(35-3)28(21)33)25(32)14-18(17)13-24-27-20(9-11-30-24)19-7-5-6-8-23(19)31-27/h5-8,15,17-18,24-25,30-31,33H,4,9-14,16H2,1-3H3. The van der Waals surface area contributed by atoms with Gasteiger partial charge >= 0.3 is 0 Å². The van der Waals surface area contributed by atoms with Crippen LogP contribution in [0.5, 0.6) is 17.2 Å². The topological polar surface area (TPSA) is 69.8 Å². The molecule has 4 unspecified atom stereocenters. The van der Waals surface area contributed by atoms with Gasteiger partial charge < -0.3 is 24.9 Å². The highest BCUT2D eigenvalue weighted by atomic mass is 16.5. The van der Waals surface area contributed by atoms with Crippen LogP contribution in [0.3, 0.4) is 0 Å². The van der Waals surface area contributed by atoms with E-state index >= 15 is 0 Å². The fraction of sp³-hybridized carbons (Fsp3) is 0.517. The Morgan fingerprint density at radius 2 is 1.94 bits per heavy atom. The van der Waals surface area contributed by atoms with E-state index < -0.39 is 0 Å². The second-order valence-corrected chi connectivity index (χ2v) is 10.5. The first-order chi connectivity index (χ1) is 17.1. The Morgan fingerprint density at radius 3 is 2.74 bits per heavy atom. The molecule has 0 radical (unpaired) electrons. The van der Waals surface area contributed by atoms with Gasteiger partial charge in [-0.25, -0.2) is 0 Å². The average Bonchev–Trinajstić information content (AvgIpc) is 3.28. The molecule has 6 rings (SSSR count). The molecule has 6 nitrogen and oxygen atoms in total. The maximum Gasteiger partial charge on any atom is 0.203 e. The van der Waals surface area contributed by atoms with Crippen LogP contribution < -0.4 is 14.8 Å². The summed E-state index contributed by atoms with van der Waals surface area (Å²) in [6.45, 7) is 5.48. The minimum atomic E-state index is 0.257. The molecule has 1 fully saturated rings. The minimum Gasteiger partial charge on any atom is -0.504 e. The Labute approximate surface area is 207 Å². The number of nitrogens with zero attached hydrogens (tertiary/aromatic N) is 1. The van der Waals surface area contributed by atoms with Crippen molar-refractivity contribution in [1.82, 2.24) is 15.2 Å². The summed E-state index contributed by atoms with van der Waals surface area (Å²) < 4.78 is 11.1.